The number of aliphatic imine (C=N–C) groups is 1. The average Bonchev–Trinajstić information content (AvgIpc) is 2.47. The van der Waals surface area contributed by atoms with Crippen molar-refractivity contribution >= 4 is 51.4 Å². The molecule has 2 heterocycles. The summed E-state index contributed by atoms with van der Waals surface area (Å²) in [5.41, 5.74) is 0. The van der Waals surface area contributed by atoms with E-state index >= 15 is 0 Å². The predicted molar refractivity (Wildman–Crippen MR) is 98.7 cm³/mol. The fourth-order valence-electron chi connectivity index (χ4n) is 1.57. The van der Waals surface area contributed by atoms with E-state index in [0.29, 0.717) is 31.0 Å². The summed E-state index contributed by atoms with van der Waals surface area (Å²) in [5.74, 6) is 1.04. The lowest BCUT2D eigenvalue weighted by atomic mass is 10.1. The van der Waals surface area contributed by atoms with Crippen LogP contribution in [0.1, 0.15) is 13.3 Å². The van der Waals surface area contributed by atoms with Crippen molar-refractivity contribution in [2.45, 2.75) is 13.3 Å². The van der Waals surface area contributed by atoms with Crippen LogP contribution in [-0.2, 0) is 4.74 Å². The number of hydrogen-bond donors (Lipinski definition) is 0. The van der Waals surface area contributed by atoms with Crippen molar-refractivity contribution in [3.8, 4) is 6.01 Å². The molecule has 0 amide bonds. The highest BCUT2D eigenvalue weighted by Crippen LogP contribution is 2.17. The Hall–Kier alpha value is -0.710. The molecule has 1 aliphatic rings. The van der Waals surface area contributed by atoms with Crippen molar-refractivity contribution in [2.75, 3.05) is 13.2 Å². The third-order valence-corrected chi connectivity index (χ3v) is 3.86. The molecule has 1 atom stereocenters. The quantitative estimate of drug-likeness (QED) is 0.447. The van der Waals surface area contributed by atoms with Crippen LogP contribution in [0.15, 0.2) is 39.0 Å². The minimum absolute atomic E-state index is 0.361. The molecule has 0 bridgehead atoms. The summed E-state index contributed by atoms with van der Waals surface area (Å²) in [5, 5.41) is 0. The van der Waals surface area contributed by atoms with Gasteiger partial charge in [-0.05, 0) is 63.6 Å². The first kappa shape index (κ1) is 16.7. The molecule has 2 rings (SSSR count). The lowest BCUT2D eigenvalue weighted by molar-refractivity contribution is 0.147. The summed E-state index contributed by atoms with van der Waals surface area (Å²) in [6, 6.07) is 0.361. The highest BCUT2D eigenvalue weighted by Gasteiger charge is 2.05. The Morgan fingerprint density at radius 3 is 2.67 bits per heavy atom. The molecule has 21 heavy (non-hydrogen) atoms. The highest BCUT2D eigenvalue weighted by atomic mass is 127. The molecule has 0 fully saturated rings. The van der Waals surface area contributed by atoms with Crippen molar-refractivity contribution in [1.29, 1.82) is 0 Å². The SMILES string of the molecule is CC1C=C(OCCOc2ncc(I)cn2)N=CC(I)=CC1. The first-order valence-corrected chi connectivity index (χ1v) is 8.64. The molecule has 5 nitrogen and oxygen atoms in total. The van der Waals surface area contributed by atoms with Gasteiger partial charge in [-0.3, -0.25) is 0 Å². The Labute approximate surface area is 151 Å². The van der Waals surface area contributed by atoms with Gasteiger partial charge in [-0.25, -0.2) is 15.0 Å². The second-order valence-electron chi connectivity index (χ2n) is 4.45. The molecule has 0 aliphatic carbocycles. The second-order valence-corrected chi connectivity index (χ2v) is 6.94. The molecule has 1 aromatic rings. The highest BCUT2D eigenvalue weighted by molar-refractivity contribution is 14.1. The first-order chi connectivity index (χ1) is 10.1. The fourth-order valence-corrected chi connectivity index (χ4v) is 2.24. The first-order valence-electron chi connectivity index (χ1n) is 6.48. The smallest absolute Gasteiger partial charge is 0.316 e. The van der Waals surface area contributed by atoms with Crippen LogP contribution in [0.3, 0.4) is 0 Å². The summed E-state index contributed by atoms with van der Waals surface area (Å²) < 4.78 is 13.1. The molecule has 0 aromatic carbocycles. The average molecular weight is 511 g/mol. The van der Waals surface area contributed by atoms with Gasteiger partial charge in [0.25, 0.3) is 0 Å². The van der Waals surface area contributed by atoms with Crippen LogP contribution in [0.25, 0.3) is 0 Å². The van der Waals surface area contributed by atoms with Crippen LogP contribution < -0.4 is 4.74 Å². The van der Waals surface area contributed by atoms with E-state index in [1.165, 1.54) is 0 Å². The molecule has 1 aliphatic heterocycles. The lowest BCUT2D eigenvalue weighted by Gasteiger charge is -2.11. The Morgan fingerprint density at radius 2 is 1.90 bits per heavy atom. The number of ether oxygens (including phenoxy) is 2. The third kappa shape index (κ3) is 6.29. The van der Waals surface area contributed by atoms with E-state index in [2.05, 4.69) is 73.1 Å². The minimum Gasteiger partial charge on any atom is -0.474 e. The second kappa shape index (κ2) is 8.66. The van der Waals surface area contributed by atoms with Crippen LogP contribution >= 0.6 is 45.2 Å². The van der Waals surface area contributed by atoms with E-state index in [1.54, 1.807) is 18.6 Å². The summed E-state index contributed by atoms with van der Waals surface area (Å²) >= 11 is 4.41. The monoisotopic (exact) mass is 511 g/mol. The van der Waals surface area contributed by atoms with Crippen LogP contribution in [-0.4, -0.2) is 29.4 Å². The number of allylic oxidation sites excluding steroid dienone is 3. The minimum atomic E-state index is 0.361. The molecule has 1 aromatic heterocycles. The maximum Gasteiger partial charge on any atom is 0.316 e. The molecular formula is C14H15I2N3O2. The van der Waals surface area contributed by atoms with Crippen molar-refractivity contribution in [1.82, 2.24) is 9.97 Å². The zero-order valence-corrected chi connectivity index (χ0v) is 15.8. The van der Waals surface area contributed by atoms with Gasteiger partial charge >= 0.3 is 6.01 Å². The number of halogens is 2. The van der Waals surface area contributed by atoms with Gasteiger partial charge in [0, 0.05) is 25.8 Å². The van der Waals surface area contributed by atoms with Gasteiger partial charge in [0.1, 0.15) is 13.2 Å². The van der Waals surface area contributed by atoms with Crippen molar-refractivity contribution in [2.24, 2.45) is 10.9 Å². The van der Waals surface area contributed by atoms with Crippen molar-refractivity contribution < 1.29 is 9.47 Å². The van der Waals surface area contributed by atoms with E-state index in [9.17, 15) is 0 Å². The van der Waals surface area contributed by atoms with Gasteiger partial charge in [-0.2, -0.15) is 0 Å². The van der Waals surface area contributed by atoms with Gasteiger partial charge in [-0.1, -0.05) is 13.0 Å². The van der Waals surface area contributed by atoms with E-state index in [0.717, 1.165) is 13.6 Å². The van der Waals surface area contributed by atoms with Gasteiger partial charge in [0.05, 0.1) is 0 Å². The van der Waals surface area contributed by atoms with Gasteiger partial charge in [0.2, 0.25) is 5.88 Å². The maximum absolute atomic E-state index is 5.63. The van der Waals surface area contributed by atoms with Crippen molar-refractivity contribution in [3.05, 3.63) is 37.6 Å². The number of aromatic nitrogens is 2. The van der Waals surface area contributed by atoms with E-state index in [1.807, 2.05) is 6.08 Å². The summed E-state index contributed by atoms with van der Waals surface area (Å²) in [6.45, 7) is 2.93. The Kier molecular flexibility index (Phi) is 6.87. The standard InChI is InChI=1S/C14H15I2N3O2/c1-10-2-3-11(15)7-17-13(6-10)20-4-5-21-14-18-8-12(16)9-19-14/h3,6-10H,2,4-5H2,1H3. The third-order valence-electron chi connectivity index (χ3n) is 2.59. The molecule has 7 heteroatoms. The Balaban J connectivity index is 1.79. The summed E-state index contributed by atoms with van der Waals surface area (Å²) in [6.07, 6.45) is 10.4. The van der Waals surface area contributed by atoms with Crippen LogP contribution in [0, 0.1) is 9.49 Å². The van der Waals surface area contributed by atoms with Gasteiger partial charge < -0.3 is 9.47 Å². The molecule has 0 saturated carbocycles. The molecule has 0 N–H and O–H groups in total. The molecule has 1 unspecified atom stereocenters. The molecule has 112 valence electrons. The lowest BCUT2D eigenvalue weighted by Crippen LogP contribution is -2.09. The summed E-state index contributed by atoms with van der Waals surface area (Å²) in [4.78, 5) is 12.4. The van der Waals surface area contributed by atoms with E-state index in [-0.39, 0.29) is 0 Å². The number of hydrogen-bond acceptors (Lipinski definition) is 5. The topological polar surface area (TPSA) is 56.6 Å². The molecule has 0 spiro atoms. The van der Waals surface area contributed by atoms with Gasteiger partial charge in [0.15, 0.2) is 0 Å². The van der Waals surface area contributed by atoms with Crippen LogP contribution in [0.5, 0.6) is 6.01 Å². The predicted octanol–water partition coefficient (Wildman–Crippen LogP) is 3.75. The van der Waals surface area contributed by atoms with Gasteiger partial charge in [-0.15, -0.1) is 0 Å². The molecule has 0 radical (unpaired) electrons. The van der Waals surface area contributed by atoms with Crippen LogP contribution in [0.2, 0.25) is 0 Å². The summed E-state index contributed by atoms with van der Waals surface area (Å²) in [7, 11) is 0. The normalized spacial score (nSPS) is 18.3. The largest absolute Gasteiger partial charge is 0.474 e. The maximum atomic E-state index is 5.63. The molecular weight excluding hydrogens is 496 g/mol. The fraction of sp³-hybridized carbons (Fsp3) is 0.357. The van der Waals surface area contributed by atoms with Crippen LogP contribution in [0.4, 0.5) is 0 Å². The number of rotatable bonds is 5. The number of nitrogens with zero attached hydrogens (tertiary/aromatic N) is 3. The van der Waals surface area contributed by atoms with E-state index in [4.69, 9.17) is 9.47 Å². The zero-order chi connectivity index (χ0) is 15.1. The Morgan fingerprint density at radius 1 is 1.19 bits per heavy atom. The Bertz CT molecular complexity index is 556. The van der Waals surface area contributed by atoms with Crippen molar-refractivity contribution in [3.63, 3.8) is 0 Å². The van der Waals surface area contributed by atoms with E-state index < -0.39 is 0 Å². The molecule has 0 saturated heterocycles. The zero-order valence-electron chi connectivity index (χ0n) is 11.5.